The first-order valence-corrected chi connectivity index (χ1v) is 13.1. The molecule has 3 heteroatoms. The molecule has 0 aromatic heterocycles. The summed E-state index contributed by atoms with van der Waals surface area (Å²) in [5, 5.41) is 0. The van der Waals surface area contributed by atoms with E-state index in [4.69, 9.17) is 8.85 Å². The van der Waals surface area contributed by atoms with Crippen LogP contribution in [-0.4, -0.2) is 22.8 Å². The second kappa shape index (κ2) is 17.9. The molecule has 0 fully saturated rings. The Balaban J connectivity index is 3.23. The quantitative estimate of drug-likeness (QED) is 0.175. The van der Waals surface area contributed by atoms with Crippen molar-refractivity contribution in [2.75, 3.05) is 14.2 Å². The Hall–Kier alpha value is 0.137. The summed E-state index contributed by atoms with van der Waals surface area (Å²) in [7, 11) is 1.83. The Morgan fingerprint density at radius 3 is 1.12 bits per heavy atom. The third-order valence-electron chi connectivity index (χ3n) is 5.44. The third-order valence-corrected chi connectivity index (χ3v) is 9.12. The normalized spacial score (nSPS) is 12.0. The maximum atomic E-state index is 5.67. The fourth-order valence-corrected chi connectivity index (χ4v) is 5.81. The highest BCUT2D eigenvalue weighted by Crippen LogP contribution is 2.21. The Morgan fingerprint density at radius 1 is 0.500 bits per heavy atom. The molecular weight excluding hydrogens is 312 g/mol. The first-order valence-electron chi connectivity index (χ1n) is 10.8. The van der Waals surface area contributed by atoms with Crippen LogP contribution in [0.4, 0.5) is 0 Å². The molecule has 0 heterocycles. The monoisotopic (exact) mass is 358 g/mol. The van der Waals surface area contributed by atoms with Crippen LogP contribution in [0.25, 0.3) is 0 Å². The van der Waals surface area contributed by atoms with Crippen LogP contribution < -0.4 is 0 Å². The van der Waals surface area contributed by atoms with E-state index < -0.39 is 8.56 Å². The van der Waals surface area contributed by atoms with Crippen molar-refractivity contribution in [3.05, 3.63) is 0 Å². The minimum Gasteiger partial charge on any atom is -0.398 e. The van der Waals surface area contributed by atoms with Crippen molar-refractivity contribution in [3.63, 3.8) is 0 Å². The molecule has 0 atom stereocenters. The van der Waals surface area contributed by atoms with Crippen LogP contribution in [0, 0.1) is 0 Å². The van der Waals surface area contributed by atoms with Gasteiger partial charge in [-0.05, 0) is 12.1 Å². The number of hydrogen-bond donors (Lipinski definition) is 0. The molecule has 0 aromatic rings. The van der Waals surface area contributed by atoms with Gasteiger partial charge in [-0.3, -0.25) is 0 Å². The second-order valence-corrected chi connectivity index (χ2v) is 11.2. The standard InChI is InChI=1S/C21H46O2Si/c1-5-7-8-9-10-11-12-13-14-15-16-17-18-19-20-21-24(6-2,22-3)23-4/h5-21H2,1-4H3. The predicted molar refractivity (Wildman–Crippen MR) is 110 cm³/mol. The van der Waals surface area contributed by atoms with E-state index in [9.17, 15) is 0 Å². The highest BCUT2D eigenvalue weighted by Gasteiger charge is 2.32. The molecule has 0 aromatic carbocycles. The molecule has 0 amide bonds. The third kappa shape index (κ3) is 13.4. The van der Waals surface area contributed by atoms with Crippen LogP contribution in [0.15, 0.2) is 0 Å². The van der Waals surface area contributed by atoms with E-state index in [2.05, 4.69) is 13.8 Å². The van der Waals surface area contributed by atoms with E-state index in [0.29, 0.717) is 0 Å². The minimum atomic E-state index is -1.82. The molecule has 0 saturated heterocycles. The highest BCUT2D eigenvalue weighted by atomic mass is 28.4. The molecule has 0 spiro atoms. The summed E-state index contributed by atoms with van der Waals surface area (Å²) in [4.78, 5) is 0. The number of hydrogen-bond acceptors (Lipinski definition) is 2. The van der Waals surface area contributed by atoms with Crippen LogP contribution in [0.5, 0.6) is 0 Å². The SMILES string of the molecule is CCCCCCCCCCCCCCCCC[Si](CC)(OC)OC. The lowest BCUT2D eigenvalue weighted by molar-refractivity contribution is 0.241. The van der Waals surface area contributed by atoms with Crippen molar-refractivity contribution in [2.45, 2.75) is 122 Å². The molecule has 146 valence electrons. The zero-order chi connectivity index (χ0) is 17.9. The average Bonchev–Trinajstić information content (AvgIpc) is 2.62. The minimum absolute atomic E-state index is 1.07. The first-order chi connectivity index (χ1) is 11.7. The summed E-state index contributed by atoms with van der Waals surface area (Å²) in [6.45, 7) is 4.49. The average molecular weight is 359 g/mol. The topological polar surface area (TPSA) is 18.5 Å². The van der Waals surface area contributed by atoms with Crippen molar-refractivity contribution in [2.24, 2.45) is 0 Å². The molecule has 2 nitrogen and oxygen atoms in total. The molecular formula is C21H46O2Si. The molecule has 0 bridgehead atoms. The van der Waals surface area contributed by atoms with E-state index in [1.54, 1.807) is 0 Å². The lowest BCUT2D eigenvalue weighted by Crippen LogP contribution is -2.38. The molecule has 0 radical (unpaired) electrons. The van der Waals surface area contributed by atoms with Gasteiger partial charge in [0.1, 0.15) is 0 Å². The maximum Gasteiger partial charge on any atom is 0.337 e. The maximum absolute atomic E-state index is 5.67. The second-order valence-electron chi connectivity index (χ2n) is 7.37. The van der Waals surface area contributed by atoms with E-state index in [-0.39, 0.29) is 0 Å². The number of unbranched alkanes of at least 4 members (excludes halogenated alkanes) is 14. The van der Waals surface area contributed by atoms with Gasteiger partial charge in [-0.25, -0.2) is 0 Å². The summed E-state index contributed by atoms with van der Waals surface area (Å²) in [6, 6.07) is 2.23. The van der Waals surface area contributed by atoms with Crippen LogP contribution >= 0.6 is 0 Å². The summed E-state index contributed by atoms with van der Waals surface area (Å²) < 4.78 is 11.3. The molecule has 0 aliphatic rings. The number of rotatable bonds is 19. The van der Waals surface area contributed by atoms with Gasteiger partial charge in [0.15, 0.2) is 0 Å². The highest BCUT2D eigenvalue weighted by molar-refractivity contribution is 6.67. The van der Waals surface area contributed by atoms with Crippen molar-refractivity contribution >= 4 is 8.56 Å². The van der Waals surface area contributed by atoms with Gasteiger partial charge in [0, 0.05) is 14.2 Å². The zero-order valence-corrected chi connectivity index (χ0v) is 18.3. The lowest BCUT2D eigenvalue weighted by Gasteiger charge is -2.25. The fraction of sp³-hybridized carbons (Fsp3) is 1.00. The van der Waals surface area contributed by atoms with Gasteiger partial charge in [-0.1, -0.05) is 110 Å². The van der Waals surface area contributed by atoms with Crippen LogP contribution in [0.3, 0.4) is 0 Å². The Bertz CT molecular complexity index is 234. The molecule has 0 rings (SSSR count). The van der Waals surface area contributed by atoms with Crippen LogP contribution in [0.1, 0.15) is 110 Å². The van der Waals surface area contributed by atoms with Crippen molar-refractivity contribution in [3.8, 4) is 0 Å². The molecule has 0 aliphatic heterocycles. The summed E-state index contributed by atoms with van der Waals surface area (Å²) in [5.41, 5.74) is 0. The molecule has 24 heavy (non-hydrogen) atoms. The van der Waals surface area contributed by atoms with Gasteiger partial charge in [-0.15, -0.1) is 0 Å². The Morgan fingerprint density at radius 2 is 0.833 bits per heavy atom. The predicted octanol–water partition coefficient (Wildman–Crippen LogP) is 7.61. The Labute approximate surface area is 154 Å². The van der Waals surface area contributed by atoms with E-state index in [1.165, 1.54) is 96.3 Å². The largest absolute Gasteiger partial charge is 0.398 e. The van der Waals surface area contributed by atoms with Gasteiger partial charge >= 0.3 is 8.56 Å². The van der Waals surface area contributed by atoms with Crippen LogP contribution in [0.2, 0.25) is 12.1 Å². The van der Waals surface area contributed by atoms with Crippen molar-refractivity contribution in [1.29, 1.82) is 0 Å². The van der Waals surface area contributed by atoms with E-state index >= 15 is 0 Å². The lowest BCUT2D eigenvalue weighted by atomic mass is 10.0. The van der Waals surface area contributed by atoms with Crippen molar-refractivity contribution < 1.29 is 8.85 Å². The van der Waals surface area contributed by atoms with Crippen molar-refractivity contribution in [1.82, 2.24) is 0 Å². The van der Waals surface area contributed by atoms with Gasteiger partial charge in [0.2, 0.25) is 0 Å². The summed E-state index contributed by atoms with van der Waals surface area (Å²) in [5.74, 6) is 0. The Kier molecular flexibility index (Phi) is 18.0. The van der Waals surface area contributed by atoms with Gasteiger partial charge in [-0.2, -0.15) is 0 Å². The van der Waals surface area contributed by atoms with Gasteiger partial charge in [0.05, 0.1) is 0 Å². The van der Waals surface area contributed by atoms with Crippen LogP contribution in [-0.2, 0) is 8.85 Å². The van der Waals surface area contributed by atoms with E-state index in [1.807, 2.05) is 14.2 Å². The molecule has 0 unspecified atom stereocenters. The molecule has 0 N–H and O–H groups in total. The smallest absolute Gasteiger partial charge is 0.337 e. The first kappa shape index (κ1) is 24.1. The zero-order valence-electron chi connectivity index (χ0n) is 17.3. The van der Waals surface area contributed by atoms with Gasteiger partial charge < -0.3 is 8.85 Å². The van der Waals surface area contributed by atoms with Gasteiger partial charge in [0.25, 0.3) is 0 Å². The summed E-state index contributed by atoms with van der Waals surface area (Å²) >= 11 is 0. The van der Waals surface area contributed by atoms with E-state index in [0.717, 1.165) is 12.1 Å². The summed E-state index contributed by atoms with van der Waals surface area (Å²) in [6.07, 6.45) is 21.3. The molecule has 0 aliphatic carbocycles. The fourth-order valence-electron chi connectivity index (χ4n) is 3.52. The molecule has 0 saturated carbocycles.